The van der Waals surface area contributed by atoms with Gasteiger partial charge in [0, 0.05) is 125 Å². The van der Waals surface area contributed by atoms with Gasteiger partial charge < -0.3 is 52.9 Å². The van der Waals surface area contributed by atoms with Gasteiger partial charge in [0.05, 0.1) is 84.6 Å². The fourth-order valence-corrected chi connectivity index (χ4v) is 13.2. The highest BCUT2D eigenvalue weighted by Crippen LogP contribution is 2.38. The first-order chi connectivity index (χ1) is 40.7. The number of pyridine rings is 5. The average molecular weight is 1160 g/mol. The van der Waals surface area contributed by atoms with Gasteiger partial charge in [0.15, 0.2) is 6.29 Å². The summed E-state index contributed by atoms with van der Waals surface area (Å²) in [6.45, 7) is 25.6. The molecule has 0 aliphatic carbocycles. The molecule has 2 N–H and O–H groups in total. The number of hydrogen-bond acceptors (Lipinski definition) is 17. The van der Waals surface area contributed by atoms with Gasteiger partial charge in [-0.25, -0.2) is 15.0 Å². The van der Waals surface area contributed by atoms with Crippen LogP contribution in [0.1, 0.15) is 100 Å². The summed E-state index contributed by atoms with van der Waals surface area (Å²) in [7, 11) is 2.86. The van der Waals surface area contributed by atoms with Crippen molar-refractivity contribution in [2.24, 2.45) is 14.1 Å². The molecule has 7 aliphatic rings. The minimum absolute atomic E-state index is 0.132. The Balaban J connectivity index is 0.000000175. The van der Waals surface area contributed by atoms with E-state index in [-0.39, 0.29) is 17.0 Å². The van der Waals surface area contributed by atoms with Crippen LogP contribution in [-0.4, -0.2) is 164 Å². The topological polar surface area (TPSA) is 199 Å². The van der Waals surface area contributed by atoms with Crippen LogP contribution in [0.4, 0.5) is 40.2 Å². The quantitative estimate of drug-likeness (QED) is 0.104. The van der Waals surface area contributed by atoms with Crippen LogP contribution in [0, 0.1) is 0 Å². The molecule has 0 bridgehead atoms. The van der Waals surface area contributed by atoms with Gasteiger partial charge in [-0.3, -0.25) is 33.9 Å². The summed E-state index contributed by atoms with van der Waals surface area (Å²) < 4.78 is 28.5. The Hall–Kier alpha value is -7.21. The van der Waals surface area contributed by atoms with Gasteiger partial charge >= 0.3 is 7.12 Å². The standard InChI is InChI=1S/C37H42N8O4.C26H38BN5O4/c1-23-18-45(28-21-49-22-28)24(2)17-44(23)27-7-8-34(39-16-27)40-32-14-25(19-41(3)37(32)48)29-9-11-38-35(31(29)20-46)43-13-10-33-30(36(43)47)15-26-6-4-5-12-42(26)33;1-17-13-32(21-15-34-16-21)18(2)12-31(17)20-8-9-23(28-11-20)29-22-10-19(14-30(7)24(22)33)27-35-25(3,4)26(5,6)36-27/h7-9,11,14-16,19-20,23-24,28H,4-6,10,12-13,17-18,21-22H2,1-3H3,(H,39,40);8-11,14,17-18,21H,12-13,15-16H2,1-7H3,(H,28,29)/t23-,24+;17-,18+/m00/s1. The smallest absolute Gasteiger partial charge is 0.399 e. The van der Waals surface area contributed by atoms with E-state index in [0.717, 1.165) is 107 Å². The number of aryl methyl sites for hydroxylation is 3. The Bertz CT molecular complexity index is 3580. The third-order valence-corrected chi connectivity index (χ3v) is 18.9. The molecule has 0 unspecified atom stereocenters. The van der Waals surface area contributed by atoms with Crippen molar-refractivity contribution in [3.05, 3.63) is 123 Å². The summed E-state index contributed by atoms with van der Waals surface area (Å²) in [4.78, 5) is 78.0. The van der Waals surface area contributed by atoms with Gasteiger partial charge in [0.25, 0.3) is 17.0 Å². The predicted octanol–water partition coefficient (Wildman–Crippen LogP) is 6.16. The van der Waals surface area contributed by atoms with Crippen LogP contribution in [0.3, 0.4) is 0 Å². The van der Waals surface area contributed by atoms with Gasteiger partial charge in [-0.2, -0.15) is 0 Å². The van der Waals surface area contributed by atoms with E-state index >= 15 is 0 Å². The molecule has 448 valence electrons. The zero-order valence-electron chi connectivity index (χ0n) is 50.7. The molecule has 4 atom stereocenters. The number of fused-ring (bicyclic) bond motifs is 3. The number of amides is 1. The number of nitrogens with one attached hydrogen (secondary N) is 2. The van der Waals surface area contributed by atoms with Crippen molar-refractivity contribution in [1.82, 2.24) is 38.5 Å². The highest BCUT2D eigenvalue weighted by molar-refractivity contribution is 6.62. The second kappa shape index (κ2) is 23.2. The summed E-state index contributed by atoms with van der Waals surface area (Å²) in [5.74, 6) is 1.36. The number of nitrogens with zero attached hydrogens (tertiary/aromatic N) is 11. The number of ether oxygens (including phenoxy) is 2. The molecule has 21 nitrogen and oxygen atoms in total. The highest BCUT2D eigenvalue weighted by Gasteiger charge is 2.52. The molecule has 0 aromatic carbocycles. The van der Waals surface area contributed by atoms with E-state index in [2.05, 4.69) is 83.5 Å². The van der Waals surface area contributed by atoms with E-state index in [1.807, 2.05) is 64.4 Å². The van der Waals surface area contributed by atoms with Crippen molar-refractivity contribution in [1.29, 1.82) is 0 Å². The average Bonchev–Trinajstić information content (AvgIpc) is 2.10. The molecule has 6 aromatic rings. The van der Waals surface area contributed by atoms with Gasteiger partial charge in [-0.1, -0.05) is 0 Å². The lowest BCUT2D eigenvalue weighted by Gasteiger charge is -2.50. The zero-order chi connectivity index (χ0) is 59.6. The Kier molecular flexibility index (Phi) is 15.9. The van der Waals surface area contributed by atoms with Crippen LogP contribution in [0.25, 0.3) is 11.1 Å². The maximum atomic E-state index is 13.8. The predicted molar refractivity (Wildman–Crippen MR) is 331 cm³/mol. The molecule has 5 fully saturated rings. The van der Waals surface area contributed by atoms with Crippen molar-refractivity contribution < 1.29 is 28.4 Å². The number of rotatable bonds is 12. The third kappa shape index (κ3) is 11.2. The molecule has 5 saturated heterocycles. The highest BCUT2D eigenvalue weighted by atomic mass is 16.7. The second-order valence-corrected chi connectivity index (χ2v) is 25.3. The SMILES string of the molecule is C[C@@H]1CN(c2ccc(Nc3cc(-c4ccnc(N5CCc6c(cc7n6CCCC7)C5=O)c4C=O)cn(C)c3=O)nc2)[C@@H](C)CN1C1COC1.C[C@@H]1CN(c2ccc(Nc3cc(B4OC(C)(C)C(C)(C)O4)cn(C)c3=O)nc2)[C@@H](C)CN1C1COC1. The first kappa shape index (κ1) is 58.2. The summed E-state index contributed by atoms with van der Waals surface area (Å²) in [6.07, 6.45) is 13.5. The number of carbonyl (C=O) groups excluding carboxylic acids is 2. The Morgan fingerprint density at radius 1 is 0.635 bits per heavy atom. The molecule has 0 radical (unpaired) electrons. The first-order valence-corrected chi connectivity index (χ1v) is 30.2. The monoisotopic (exact) mass is 1160 g/mol. The summed E-state index contributed by atoms with van der Waals surface area (Å²) in [5, 5.41) is 6.42. The van der Waals surface area contributed by atoms with E-state index in [0.29, 0.717) is 100 Å². The number of aldehydes is 1. The summed E-state index contributed by atoms with van der Waals surface area (Å²) in [6, 6.07) is 17.9. The molecule has 13 heterocycles. The van der Waals surface area contributed by atoms with Crippen LogP contribution in [-0.2, 0) is 52.3 Å². The third-order valence-electron chi connectivity index (χ3n) is 18.9. The van der Waals surface area contributed by atoms with Crippen LogP contribution in [0.5, 0.6) is 0 Å². The number of anilines is 7. The van der Waals surface area contributed by atoms with Crippen molar-refractivity contribution in [2.75, 3.05) is 84.5 Å². The lowest BCUT2D eigenvalue weighted by molar-refractivity contribution is -0.0828. The summed E-state index contributed by atoms with van der Waals surface area (Å²) >= 11 is 0. The van der Waals surface area contributed by atoms with Crippen molar-refractivity contribution in [2.45, 2.75) is 135 Å². The van der Waals surface area contributed by atoms with E-state index < -0.39 is 18.3 Å². The Morgan fingerprint density at radius 2 is 1.20 bits per heavy atom. The van der Waals surface area contributed by atoms with E-state index in [4.69, 9.17) is 18.8 Å². The van der Waals surface area contributed by atoms with E-state index in [1.165, 1.54) is 10.3 Å². The van der Waals surface area contributed by atoms with Gasteiger partial charge in [0.2, 0.25) is 0 Å². The fraction of sp³-hybridized carbons (Fsp3) is 0.508. The largest absolute Gasteiger partial charge is 0.496 e. The fourth-order valence-electron chi connectivity index (χ4n) is 13.2. The molecular formula is C63H80BN13O8. The number of aromatic nitrogens is 6. The Labute approximate surface area is 497 Å². The number of carbonyl (C=O) groups is 2. The minimum Gasteiger partial charge on any atom is -0.399 e. The van der Waals surface area contributed by atoms with Crippen molar-refractivity contribution >= 4 is 65.0 Å². The second-order valence-electron chi connectivity index (χ2n) is 25.3. The molecule has 7 aliphatic heterocycles. The molecule has 85 heavy (non-hydrogen) atoms. The molecule has 13 rings (SSSR count). The van der Waals surface area contributed by atoms with Crippen LogP contribution in [0.2, 0.25) is 0 Å². The van der Waals surface area contributed by atoms with E-state index in [1.54, 1.807) is 60.4 Å². The number of piperazine rings is 2. The van der Waals surface area contributed by atoms with Gasteiger partial charge in [-0.15, -0.1) is 0 Å². The number of hydrogen-bond donors (Lipinski definition) is 2. The van der Waals surface area contributed by atoms with Gasteiger partial charge in [-0.05, 0) is 129 Å². The van der Waals surface area contributed by atoms with Crippen LogP contribution >= 0.6 is 0 Å². The van der Waals surface area contributed by atoms with Gasteiger partial charge in [0.1, 0.15) is 28.8 Å². The van der Waals surface area contributed by atoms with Crippen LogP contribution < -0.4 is 41.9 Å². The Morgan fingerprint density at radius 3 is 1.73 bits per heavy atom. The zero-order valence-corrected chi connectivity index (χ0v) is 50.7. The van der Waals surface area contributed by atoms with Crippen LogP contribution in [0.15, 0.2) is 89.1 Å². The minimum atomic E-state index is -0.550. The van der Waals surface area contributed by atoms with E-state index in [9.17, 15) is 19.2 Å². The lowest BCUT2D eigenvalue weighted by atomic mass is 9.80. The molecule has 0 saturated carbocycles. The van der Waals surface area contributed by atoms with Crippen molar-refractivity contribution in [3.63, 3.8) is 0 Å². The molecule has 1 amide bonds. The lowest BCUT2D eigenvalue weighted by Crippen LogP contribution is -2.63. The molecule has 0 spiro atoms. The molecular weight excluding hydrogens is 1080 g/mol. The first-order valence-electron chi connectivity index (χ1n) is 30.2. The molecule has 6 aromatic heterocycles. The summed E-state index contributed by atoms with van der Waals surface area (Å²) in [5.41, 5.74) is 6.93. The van der Waals surface area contributed by atoms with Crippen molar-refractivity contribution in [3.8, 4) is 11.1 Å². The molecule has 22 heteroatoms. The normalized spacial score (nSPS) is 23.3. The maximum Gasteiger partial charge on any atom is 0.496 e. The maximum absolute atomic E-state index is 13.8.